The molecule has 0 spiro atoms. The molecule has 1 aromatic carbocycles. The molecule has 2 rings (SSSR count). The summed E-state index contributed by atoms with van der Waals surface area (Å²) in [7, 11) is 0. The zero-order valence-electron chi connectivity index (χ0n) is 11.7. The molecule has 0 radical (unpaired) electrons. The first kappa shape index (κ1) is 14.1. The number of hydrogen-bond acceptors (Lipinski definition) is 4. The maximum absolute atomic E-state index is 12.2. The molecule has 0 amide bonds. The first-order chi connectivity index (χ1) is 9.36. The molecule has 0 unspecified atom stereocenters. The second-order valence-corrected chi connectivity index (χ2v) is 5.11. The van der Waals surface area contributed by atoms with Crippen molar-refractivity contribution in [1.29, 1.82) is 0 Å². The fourth-order valence-electron chi connectivity index (χ4n) is 2.03. The number of carbonyl (C=O) groups excluding carboxylic acids is 1. The Hall–Kier alpha value is -2.36. The van der Waals surface area contributed by atoms with E-state index in [1.165, 1.54) is 6.92 Å². The van der Waals surface area contributed by atoms with Gasteiger partial charge in [0, 0.05) is 12.3 Å². The van der Waals surface area contributed by atoms with E-state index >= 15 is 0 Å². The maximum atomic E-state index is 12.2. The van der Waals surface area contributed by atoms with Crippen LogP contribution in [0.2, 0.25) is 0 Å². The van der Waals surface area contributed by atoms with Crippen LogP contribution in [0.4, 0.5) is 0 Å². The summed E-state index contributed by atoms with van der Waals surface area (Å²) in [5.41, 5.74) is -0.515. The molecule has 0 saturated carbocycles. The monoisotopic (exact) mass is 272 g/mol. The molecule has 0 saturated heterocycles. The van der Waals surface area contributed by atoms with Crippen molar-refractivity contribution in [3.8, 4) is 5.75 Å². The lowest BCUT2D eigenvalue weighted by atomic mass is 9.84. The molecular weight excluding hydrogens is 256 g/mol. The molecule has 0 aliphatic heterocycles. The van der Waals surface area contributed by atoms with Crippen LogP contribution < -0.4 is 10.4 Å². The van der Waals surface area contributed by atoms with E-state index in [1.54, 1.807) is 30.3 Å². The van der Waals surface area contributed by atoms with E-state index in [9.17, 15) is 9.59 Å². The van der Waals surface area contributed by atoms with E-state index in [4.69, 9.17) is 9.15 Å². The zero-order valence-corrected chi connectivity index (χ0v) is 11.7. The van der Waals surface area contributed by atoms with Crippen molar-refractivity contribution in [2.24, 2.45) is 0 Å². The number of benzene rings is 1. The lowest BCUT2D eigenvalue weighted by Gasteiger charge is -2.22. The van der Waals surface area contributed by atoms with Crippen molar-refractivity contribution in [3.63, 3.8) is 0 Å². The number of carbonyl (C=O) groups is 1. The van der Waals surface area contributed by atoms with E-state index in [0.29, 0.717) is 16.5 Å². The number of rotatable bonds is 3. The smallest absolute Gasteiger partial charge is 0.344 e. The molecule has 1 aromatic heterocycles. The Labute approximate surface area is 116 Å². The third-order valence-electron chi connectivity index (χ3n) is 3.17. The van der Waals surface area contributed by atoms with Gasteiger partial charge in [0.25, 0.3) is 0 Å². The minimum Gasteiger partial charge on any atom is -0.425 e. The summed E-state index contributed by atoms with van der Waals surface area (Å²) in [6, 6.07) is 6.95. The van der Waals surface area contributed by atoms with Gasteiger partial charge in [-0.15, -0.1) is 6.58 Å². The van der Waals surface area contributed by atoms with Gasteiger partial charge in [0.1, 0.15) is 5.58 Å². The Kier molecular flexibility index (Phi) is 3.49. The van der Waals surface area contributed by atoms with Gasteiger partial charge in [-0.3, -0.25) is 4.79 Å². The second kappa shape index (κ2) is 4.96. The first-order valence-corrected chi connectivity index (χ1v) is 6.25. The summed E-state index contributed by atoms with van der Waals surface area (Å²) < 4.78 is 10.6. The van der Waals surface area contributed by atoms with Crippen LogP contribution in [0.25, 0.3) is 11.0 Å². The van der Waals surface area contributed by atoms with Crippen LogP contribution in [0.15, 0.2) is 46.1 Å². The van der Waals surface area contributed by atoms with Crippen LogP contribution in [-0.4, -0.2) is 5.97 Å². The SMILES string of the molecule is C=CC(C)(C)c1c(OC(C)=O)c2ccccc2oc1=O. The molecule has 4 heteroatoms. The van der Waals surface area contributed by atoms with Gasteiger partial charge in [-0.2, -0.15) is 0 Å². The van der Waals surface area contributed by atoms with Crippen LogP contribution in [-0.2, 0) is 10.2 Å². The quantitative estimate of drug-likeness (QED) is 0.489. The van der Waals surface area contributed by atoms with Crippen molar-refractivity contribution < 1.29 is 13.9 Å². The summed E-state index contributed by atoms with van der Waals surface area (Å²) in [6.45, 7) is 8.66. The average Bonchev–Trinajstić information content (AvgIpc) is 2.37. The Balaban J connectivity index is 2.91. The molecule has 0 aliphatic rings. The fourth-order valence-corrected chi connectivity index (χ4v) is 2.03. The number of fused-ring (bicyclic) bond motifs is 1. The van der Waals surface area contributed by atoms with Crippen LogP contribution in [0, 0.1) is 0 Å². The summed E-state index contributed by atoms with van der Waals surface area (Å²) in [6.07, 6.45) is 1.63. The van der Waals surface area contributed by atoms with Crippen molar-refractivity contribution >= 4 is 16.9 Å². The third kappa shape index (κ3) is 2.37. The van der Waals surface area contributed by atoms with Crippen molar-refractivity contribution in [1.82, 2.24) is 0 Å². The average molecular weight is 272 g/mol. The standard InChI is InChI=1S/C16H16O4/c1-5-16(3,4)13-14(19-10(2)17)11-8-6-7-9-12(11)20-15(13)18/h5-9H,1H2,2-4H3. The summed E-state index contributed by atoms with van der Waals surface area (Å²) in [5, 5.41) is 0.590. The maximum Gasteiger partial charge on any atom is 0.344 e. The fraction of sp³-hybridized carbons (Fsp3) is 0.250. The largest absolute Gasteiger partial charge is 0.425 e. The second-order valence-electron chi connectivity index (χ2n) is 5.11. The number of hydrogen-bond donors (Lipinski definition) is 0. The van der Waals surface area contributed by atoms with Crippen LogP contribution in [0.5, 0.6) is 5.75 Å². The molecular formula is C16H16O4. The Morgan fingerprint density at radius 3 is 2.60 bits per heavy atom. The Bertz CT molecular complexity index is 738. The van der Waals surface area contributed by atoms with Crippen LogP contribution in [0.1, 0.15) is 26.3 Å². The number of ether oxygens (including phenoxy) is 1. The van der Waals surface area contributed by atoms with Crippen LogP contribution in [0.3, 0.4) is 0 Å². The number of allylic oxidation sites excluding steroid dienone is 1. The van der Waals surface area contributed by atoms with Crippen LogP contribution >= 0.6 is 0 Å². The number of esters is 1. The van der Waals surface area contributed by atoms with Crippen molar-refractivity contribution in [3.05, 3.63) is 52.9 Å². The Morgan fingerprint density at radius 1 is 1.35 bits per heavy atom. The molecule has 1 heterocycles. The molecule has 4 nitrogen and oxygen atoms in total. The summed E-state index contributed by atoms with van der Waals surface area (Å²) in [4.78, 5) is 23.6. The Morgan fingerprint density at radius 2 is 2.00 bits per heavy atom. The first-order valence-electron chi connectivity index (χ1n) is 6.25. The minimum atomic E-state index is -0.671. The summed E-state index contributed by atoms with van der Waals surface area (Å²) >= 11 is 0. The highest BCUT2D eigenvalue weighted by molar-refractivity contribution is 5.87. The van der Waals surface area contributed by atoms with Gasteiger partial charge in [0.2, 0.25) is 0 Å². The molecule has 0 N–H and O–H groups in total. The van der Waals surface area contributed by atoms with Gasteiger partial charge in [-0.25, -0.2) is 4.79 Å². The molecule has 20 heavy (non-hydrogen) atoms. The van der Waals surface area contributed by atoms with E-state index in [2.05, 4.69) is 6.58 Å². The molecule has 104 valence electrons. The third-order valence-corrected chi connectivity index (χ3v) is 3.17. The van der Waals surface area contributed by atoms with E-state index in [1.807, 2.05) is 13.8 Å². The normalized spacial score (nSPS) is 11.3. The molecule has 0 fully saturated rings. The lowest BCUT2D eigenvalue weighted by molar-refractivity contribution is -0.131. The highest BCUT2D eigenvalue weighted by Gasteiger charge is 2.29. The van der Waals surface area contributed by atoms with Gasteiger partial charge >= 0.3 is 11.6 Å². The van der Waals surface area contributed by atoms with Gasteiger partial charge in [0.15, 0.2) is 5.75 Å². The minimum absolute atomic E-state index is 0.245. The van der Waals surface area contributed by atoms with Gasteiger partial charge in [0.05, 0.1) is 10.9 Å². The van der Waals surface area contributed by atoms with Crippen molar-refractivity contribution in [2.45, 2.75) is 26.2 Å². The molecule has 0 aliphatic carbocycles. The number of para-hydroxylation sites is 1. The summed E-state index contributed by atoms with van der Waals surface area (Å²) in [5.74, 6) is -0.240. The molecule has 0 atom stereocenters. The van der Waals surface area contributed by atoms with E-state index < -0.39 is 17.0 Å². The van der Waals surface area contributed by atoms with Crippen molar-refractivity contribution in [2.75, 3.05) is 0 Å². The lowest BCUT2D eigenvalue weighted by Crippen LogP contribution is -2.25. The van der Waals surface area contributed by atoms with Gasteiger partial charge < -0.3 is 9.15 Å². The van der Waals surface area contributed by atoms with Gasteiger partial charge in [-0.1, -0.05) is 32.1 Å². The zero-order chi connectivity index (χ0) is 14.9. The highest BCUT2D eigenvalue weighted by atomic mass is 16.5. The van der Waals surface area contributed by atoms with E-state index in [0.717, 1.165) is 0 Å². The van der Waals surface area contributed by atoms with E-state index in [-0.39, 0.29) is 5.75 Å². The predicted molar refractivity (Wildman–Crippen MR) is 77.0 cm³/mol. The molecule has 0 bridgehead atoms. The predicted octanol–water partition coefficient (Wildman–Crippen LogP) is 3.18. The van der Waals surface area contributed by atoms with Gasteiger partial charge in [-0.05, 0) is 12.1 Å². The topological polar surface area (TPSA) is 56.5 Å². The molecule has 2 aromatic rings. The highest BCUT2D eigenvalue weighted by Crippen LogP contribution is 2.35.